The van der Waals surface area contributed by atoms with Gasteiger partial charge in [0.1, 0.15) is 5.52 Å². The van der Waals surface area contributed by atoms with Gasteiger partial charge in [0.05, 0.1) is 18.4 Å². The Morgan fingerprint density at radius 2 is 1.81 bits per heavy atom. The summed E-state index contributed by atoms with van der Waals surface area (Å²) in [6, 6.07) is 12.2. The number of amides is 1. The Bertz CT molecular complexity index is 1070. The molecule has 2 fully saturated rings. The van der Waals surface area contributed by atoms with E-state index in [1.54, 1.807) is 6.20 Å². The number of piperidine rings is 1. The number of imidazole rings is 1. The number of nitrogens with zero attached hydrogens (tertiary/aromatic N) is 6. The predicted molar refractivity (Wildman–Crippen MR) is 121 cm³/mol. The van der Waals surface area contributed by atoms with Crippen LogP contribution in [0, 0.1) is 0 Å². The molecule has 0 atom stereocenters. The van der Waals surface area contributed by atoms with Crippen molar-refractivity contribution in [3.05, 3.63) is 60.0 Å². The first-order valence-electron chi connectivity index (χ1n) is 11.1. The second-order valence-electron chi connectivity index (χ2n) is 9.10. The number of carbonyl (C=O) groups is 1. The van der Waals surface area contributed by atoms with Crippen LogP contribution >= 0.6 is 0 Å². The highest BCUT2D eigenvalue weighted by molar-refractivity contribution is 5.96. The van der Waals surface area contributed by atoms with Gasteiger partial charge in [0.2, 0.25) is 0 Å². The fraction of sp³-hybridized carbons (Fsp3) is 0.458. The van der Waals surface area contributed by atoms with E-state index >= 15 is 0 Å². The second kappa shape index (κ2) is 8.05. The molecule has 2 aliphatic rings. The Morgan fingerprint density at radius 3 is 2.58 bits per heavy atom. The number of fused-ring (bicyclic) bond motifs is 1. The van der Waals surface area contributed by atoms with Gasteiger partial charge in [0.15, 0.2) is 5.65 Å². The molecule has 162 valence electrons. The molecule has 0 N–H and O–H groups in total. The second-order valence-corrected chi connectivity index (χ2v) is 9.10. The molecule has 1 spiro atoms. The van der Waals surface area contributed by atoms with E-state index in [9.17, 15) is 4.79 Å². The maximum atomic E-state index is 13.4. The minimum absolute atomic E-state index is 0.0680. The number of aromatic nitrogens is 3. The van der Waals surface area contributed by atoms with Gasteiger partial charge in [0, 0.05) is 31.4 Å². The van der Waals surface area contributed by atoms with Crippen molar-refractivity contribution in [1.29, 1.82) is 0 Å². The zero-order valence-electron chi connectivity index (χ0n) is 18.4. The van der Waals surface area contributed by atoms with Crippen LogP contribution in [0.25, 0.3) is 11.2 Å². The van der Waals surface area contributed by atoms with Gasteiger partial charge in [-0.05, 0) is 51.7 Å². The summed E-state index contributed by atoms with van der Waals surface area (Å²) in [4.78, 5) is 29.4. The van der Waals surface area contributed by atoms with Crippen molar-refractivity contribution >= 4 is 17.1 Å². The Labute approximate surface area is 183 Å². The molecular formula is C24H30N6O. The maximum absolute atomic E-state index is 13.4. The third kappa shape index (κ3) is 3.83. The standard InChI is InChI=1S/C24H30N6O/c1-27-10-8-24(9-11-27)17-29(13-12-28(24)2)23(31)20-14-21-22(25-15-20)30(18-26-21)16-19-6-4-3-5-7-19/h3-7,14-15,18H,8-13,16-17H2,1-2H3. The first-order valence-corrected chi connectivity index (χ1v) is 11.1. The molecule has 7 nitrogen and oxygen atoms in total. The summed E-state index contributed by atoms with van der Waals surface area (Å²) in [5, 5.41) is 0. The van der Waals surface area contributed by atoms with Crippen molar-refractivity contribution in [2.24, 2.45) is 0 Å². The molecule has 0 aliphatic carbocycles. The minimum atomic E-state index is 0.0680. The van der Waals surface area contributed by atoms with E-state index in [1.165, 1.54) is 5.56 Å². The number of likely N-dealkylation sites (N-methyl/N-ethyl adjacent to an activating group) is 1. The first-order chi connectivity index (χ1) is 15.0. The summed E-state index contributed by atoms with van der Waals surface area (Å²) in [5.74, 6) is 0.0680. The molecule has 4 heterocycles. The number of carbonyl (C=O) groups excluding carboxylic acids is 1. The zero-order valence-corrected chi connectivity index (χ0v) is 18.4. The molecule has 7 heteroatoms. The number of rotatable bonds is 3. The average Bonchev–Trinajstić information content (AvgIpc) is 3.20. The van der Waals surface area contributed by atoms with Crippen LogP contribution in [0.3, 0.4) is 0 Å². The van der Waals surface area contributed by atoms with Gasteiger partial charge < -0.3 is 14.4 Å². The minimum Gasteiger partial charge on any atom is -0.335 e. The van der Waals surface area contributed by atoms with Gasteiger partial charge in [-0.3, -0.25) is 9.69 Å². The fourth-order valence-corrected chi connectivity index (χ4v) is 4.96. The van der Waals surface area contributed by atoms with Gasteiger partial charge in [-0.2, -0.15) is 0 Å². The molecule has 2 saturated heterocycles. The first kappa shape index (κ1) is 20.2. The number of piperazine rings is 1. The normalized spacial score (nSPS) is 19.9. The van der Waals surface area contributed by atoms with Crippen LogP contribution in [-0.4, -0.2) is 87.5 Å². The summed E-state index contributed by atoms with van der Waals surface area (Å²) in [6.07, 6.45) is 5.73. The van der Waals surface area contributed by atoms with Crippen molar-refractivity contribution in [2.45, 2.75) is 24.9 Å². The molecule has 5 rings (SSSR count). The fourth-order valence-electron chi connectivity index (χ4n) is 4.96. The van der Waals surface area contributed by atoms with Crippen LogP contribution in [0.4, 0.5) is 0 Å². The van der Waals surface area contributed by atoms with Gasteiger partial charge in [-0.15, -0.1) is 0 Å². The largest absolute Gasteiger partial charge is 0.335 e. The van der Waals surface area contributed by atoms with E-state index in [0.29, 0.717) is 12.1 Å². The van der Waals surface area contributed by atoms with Crippen molar-refractivity contribution in [3.63, 3.8) is 0 Å². The SMILES string of the molecule is CN1CCC2(CC1)CN(C(=O)c1cnc3c(c1)ncn3Cc1ccccc1)CCN2C. The van der Waals surface area contributed by atoms with E-state index in [1.807, 2.05) is 40.1 Å². The molecule has 31 heavy (non-hydrogen) atoms. The molecule has 3 aromatic rings. The van der Waals surface area contributed by atoms with Crippen molar-refractivity contribution in [2.75, 3.05) is 46.8 Å². The number of hydrogen-bond donors (Lipinski definition) is 0. The van der Waals surface area contributed by atoms with E-state index in [0.717, 1.165) is 56.7 Å². The molecule has 0 bridgehead atoms. The van der Waals surface area contributed by atoms with Crippen molar-refractivity contribution < 1.29 is 4.79 Å². The molecular weight excluding hydrogens is 388 g/mol. The molecule has 1 aromatic carbocycles. The Morgan fingerprint density at radius 1 is 1.03 bits per heavy atom. The lowest BCUT2D eigenvalue weighted by atomic mass is 9.83. The molecule has 0 unspecified atom stereocenters. The van der Waals surface area contributed by atoms with Crippen LogP contribution in [0.1, 0.15) is 28.8 Å². The molecule has 1 amide bonds. The number of benzene rings is 1. The highest BCUT2D eigenvalue weighted by Gasteiger charge is 2.42. The van der Waals surface area contributed by atoms with E-state index in [2.05, 4.69) is 46.0 Å². The van der Waals surface area contributed by atoms with Crippen LogP contribution in [-0.2, 0) is 6.54 Å². The Kier molecular flexibility index (Phi) is 5.24. The van der Waals surface area contributed by atoms with E-state index in [-0.39, 0.29) is 11.4 Å². The Hall–Kier alpha value is -2.77. The summed E-state index contributed by atoms with van der Waals surface area (Å²) < 4.78 is 2.03. The molecule has 0 radical (unpaired) electrons. The van der Waals surface area contributed by atoms with Crippen LogP contribution < -0.4 is 0 Å². The van der Waals surface area contributed by atoms with Crippen LogP contribution in [0.15, 0.2) is 48.9 Å². The number of hydrogen-bond acceptors (Lipinski definition) is 5. The number of likely N-dealkylation sites (tertiary alicyclic amines) is 1. The molecule has 2 aromatic heterocycles. The summed E-state index contributed by atoms with van der Waals surface area (Å²) in [7, 11) is 4.39. The summed E-state index contributed by atoms with van der Waals surface area (Å²) >= 11 is 0. The lowest BCUT2D eigenvalue weighted by Crippen LogP contribution is -2.64. The highest BCUT2D eigenvalue weighted by atomic mass is 16.2. The van der Waals surface area contributed by atoms with Crippen molar-refractivity contribution in [3.8, 4) is 0 Å². The lowest BCUT2D eigenvalue weighted by molar-refractivity contribution is -0.0170. The van der Waals surface area contributed by atoms with Crippen LogP contribution in [0.2, 0.25) is 0 Å². The Balaban J connectivity index is 1.35. The lowest BCUT2D eigenvalue weighted by Gasteiger charge is -2.52. The summed E-state index contributed by atoms with van der Waals surface area (Å²) in [5.41, 5.74) is 3.50. The van der Waals surface area contributed by atoms with Gasteiger partial charge in [-0.1, -0.05) is 30.3 Å². The topological polar surface area (TPSA) is 57.5 Å². The van der Waals surface area contributed by atoms with Crippen molar-refractivity contribution in [1.82, 2.24) is 29.2 Å². The quantitative estimate of drug-likeness (QED) is 0.654. The molecule has 2 aliphatic heterocycles. The van der Waals surface area contributed by atoms with E-state index < -0.39 is 0 Å². The third-order valence-electron chi connectivity index (χ3n) is 7.10. The smallest absolute Gasteiger partial charge is 0.255 e. The zero-order chi connectivity index (χ0) is 21.4. The molecule has 0 saturated carbocycles. The highest BCUT2D eigenvalue weighted by Crippen LogP contribution is 2.32. The third-order valence-corrected chi connectivity index (χ3v) is 7.10. The van der Waals surface area contributed by atoms with E-state index in [4.69, 9.17) is 0 Å². The van der Waals surface area contributed by atoms with Gasteiger partial charge in [-0.25, -0.2) is 9.97 Å². The number of pyridine rings is 1. The summed E-state index contributed by atoms with van der Waals surface area (Å²) in [6.45, 7) is 5.34. The monoisotopic (exact) mass is 418 g/mol. The van der Waals surface area contributed by atoms with Crippen LogP contribution in [0.5, 0.6) is 0 Å². The van der Waals surface area contributed by atoms with Gasteiger partial charge >= 0.3 is 0 Å². The maximum Gasteiger partial charge on any atom is 0.255 e. The average molecular weight is 419 g/mol. The van der Waals surface area contributed by atoms with Gasteiger partial charge in [0.25, 0.3) is 5.91 Å². The predicted octanol–water partition coefficient (Wildman–Crippen LogP) is 2.33.